The van der Waals surface area contributed by atoms with Crippen molar-refractivity contribution in [1.29, 1.82) is 0 Å². The molecule has 0 radical (unpaired) electrons. The first-order chi connectivity index (χ1) is 10.6. The Hall–Kier alpha value is -2.15. The van der Waals surface area contributed by atoms with Crippen molar-refractivity contribution in [2.24, 2.45) is 0 Å². The summed E-state index contributed by atoms with van der Waals surface area (Å²) < 4.78 is 0. The van der Waals surface area contributed by atoms with E-state index in [1.54, 1.807) is 18.6 Å². The fourth-order valence-electron chi connectivity index (χ4n) is 2.32. The average Bonchev–Trinajstić information content (AvgIpc) is 2.56. The minimum absolute atomic E-state index is 0.552. The highest BCUT2D eigenvalue weighted by Crippen LogP contribution is 2.17. The zero-order valence-corrected chi connectivity index (χ0v) is 13.4. The van der Waals surface area contributed by atoms with E-state index in [9.17, 15) is 0 Å². The first-order valence-electron chi connectivity index (χ1n) is 7.11. The van der Waals surface area contributed by atoms with E-state index in [1.807, 2.05) is 25.1 Å². The van der Waals surface area contributed by atoms with Gasteiger partial charge < -0.3 is 14.7 Å². The van der Waals surface area contributed by atoms with Gasteiger partial charge in [0.15, 0.2) is 0 Å². The molecule has 1 saturated heterocycles. The summed E-state index contributed by atoms with van der Waals surface area (Å²) in [7, 11) is 3.95. The standard InChI is InChI=1S/C14H18ClN7/c1-20(2)12-3-4-16-14(19-12)22-7-5-21(6-8-22)13-17-9-11(15)10-18-13/h3-4,9-10H,5-8H2,1-2H3. The van der Waals surface area contributed by atoms with Crippen LogP contribution in [0.15, 0.2) is 24.7 Å². The molecule has 1 aliphatic heterocycles. The Morgan fingerprint density at radius 3 is 2.14 bits per heavy atom. The molecule has 0 aliphatic carbocycles. The number of halogens is 1. The SMILES string of the molecule is CN(C)c1ccnc(N2CCN(c3ncc(Cl)cn3)CC2)n1. The maximum Gasteiger partial charge on any atom is 0.227 e. The Morgan fingerprint density at radius 2 is 1.55 bits per heavy atom. The van der Waals surface area contributed by atoms with Crippen LogP contribution in [0.3, 0.4) is 0 Å². The van der Waals surface area contributed by atoms with Crippen molar-refractivity contribution in [2.75, 3.05) is 55.0 Å². The van der Waals surface area contributed by atoms with Crippen molar-refractivity contribution < 1.29 is 0 Å². The average molecular weight is 320 g/mol. The maximum atomic E-state index is 5.82. The van der Waals surface area contributed by atoms with E-state index in [4.69, 9.17) is 11.6 Å². The van der Waals surface area contributed by atoms with Crippen LogP contribution >= 0.6 is 11.6 Å². The van der Waals surface area contributed by atoms with Crippen LogP contribution in [0, 0.1) is 0 Å². The lowest BCUT2D eigenvalue weighted by atomic mass is 10.3. The van der Waals surface area contributed by atoms with Gasteiger partial charge in [0.2, 0.25) is 11.9 Å². The topological polar surface area (TPSA) is 61.3 Å². The molecule has 22 heavy (non-hydrogen) atoms. The molecule has 0 N–H and O–H groups in total. The van der Waals surface area contributed by atoms with Crippen LogP contribution in [0.4, 0.5) is 17.7 Å². The number of aromatic nitrogens is 4. The number of piperazine rings is 1. The lowest BCUT2D eigenvalue weighted by molar-refractivity contribution is 0.628. The second-order valence-corrected chi connectivity index (χ2v) is 5.72. The summed E-state index contributed by atoms with van der Waals surface area (Å²) in [4.78, 5) is 23.8. The molecule has 1 fully saturated rings. The van der Waals surface area contributed by atoms with Crippen molar-refractivity contribution in [3.63, 3.8) is 0 Å². The van der Waals surface area contributed by atoms with E-state index >= 15 is 0 Å². The van der Waals surface area contributed by atoms with Crippen LogP contribution in [0.1, 0.15) is 0 Å². The van der Waals surface area contributed by atoms with Gasteiger partial charge in [0.25, 0.3) is 0 Å². The second-order valence-electron chi connectivity index (χ2n) is 5.28. The summed E-state index contributed by atoms with van der Waals surface area (Å²) in [6.45, 7) is 3.33. The molecule has 7 nitrogen and oxygen atoms in total. The van der Waals surface area contributed by atoms with Crippen molar-refractivity contribution in [2.45, 2.75) is 0 Å². The normalized spacial score (nSPS) is 15.0. The molecule has 0 amide bonds. The van der Waals surface area contributed by atoms with Crippen molar-refractivity contribution >= 4 is 29.3 Å². The van der Waals surface area contributed by atoms with Gasteiger partial charge in [0.05, 0.1) is 17.4 Å². The molecule has 8 heteroatoms. The summed E-state index contributed by atoms with van der Waals surface area (Å²) in [5.41, 5.74) is 0. The lowest BCUT2D eigenvalue weighted by Gasteiger charge is -2.34. The molecule has 0 unspecified atom stereocenters. The van der Waals surface area contributed by atoms with Crippen LogP contribution in [0.2, 0.25) is 5.02 Å². The number of rotatable bonds is 3. The van der Waals surface area contributed by atoms with Gasteiger partial charge in [-0.15, -0.1) is 0 Å². The molecule has 2 aromatic rings. The first-order valence-corrected chi connectivity index (χ1v) is 7.49. The third-order valence-electron chi connectivity index (χ3n) is 3.54. The highest BCUT2D eigenvalue weighted by atomic mass is 35.5. The lowest BCUT2D eigenvalue weighted by Crippen LogP contribution is -2.47. The van der Waals surface area contributed by atoms with Gasteiger partial charge in [-0.1, -0.05) is 11.6 Å². The number of anilines is 3. The van der Waals surface area contributed by atoms with Crippen LogP contribution in [-0.4, -0.2) is 60.2 Å². The molecule has 3 heterocycles. The van der Waals surface area contributed by atoms with Gasteiger partial charge in [-0.05, 0) is 6.07 Å². The van der Waals surface area contributed by atoms with E-state index < -0.39 is 0 Å². The summed E-state index contributed by atoms with van der Waals surface area (Å²) in [6.07, 6.45) is 5.05. The smallest absolute Gasteiger partial charge is 0.227 e. The molecule has 0 atom stereocenters. The van der Waals surface area contributed by atoms with Gasteiger partial charge in [0.1, 0.15) is 5.82 Å². The molecule has 2 aromatic heterocycles. The minimum Gasteiger partial charge on any atom is -0.363 e. The van der Waals surface area contributed by atoms with Crippen LogP contribution in [0.5, 0.6) is 0 Å². The number of nitrogens with zero attached hydrogens (tertiary/aromatic N) is 7. The molecule has 116 valence electrons. The Bertz CT molecular complexity index is 623. The third-order valence-corrected chi connectivity index (χ3v) is 3.73. The predicted molar refractivity (Wildman–Crippen MR) is 87.8 cm³/mol. The Balaban J connectivity index is 1.66. The molecule has 0 saturated carbocycles. The molecular weight excluding hydrogens is 302 g/mol. The molecule has 0 aromatic carbocycles. The fraction of sp³-hybridized carbons (Fsp3) is 0.429. The van der Waals surface area contributed by atoms with Crippen molar-refractivity contribution in [3.8, 4) is 0 Å². The first kappa shape index (κ1) is 14.8. The van der Waals surface area contributed by atoms with Crippen LogP contribution in [-0.2, 0) is 0 Å². The van der Waals surface area contributed by atoms with Crippen molar-refractivity contribution in [1.82, 2.24) is 19.9 Å². The number of hydrogen-bond acceptors (Lipinski definition) is 7. The largest absolute Gasteiger partial charge is 0.363 e. The van der Waals surface area contributed by atoms with Crippen LogP contribution in [0.25, 0.3) is 0 Å². The maximum absolute atomic E-state index is 5.82. The van der Waals surface area contributed by atoms with Gasteiger partial charge in [0, 0.05) is 46.5 Å². The third kappa shape index (κ3) is 3.19. The van der Waals surface area contributed by atoms with E-state index in [-0.39, 0.29) is 0 Å². The van der Waals surface area contributed by atoms with Gasteiger partial charge in [-0.2, -0.15) is 4.98 Å². The summed E-state index contributed by atoms with van der Waals surface area (Å²) in [6, 6.07) is 1.90. The molecule has 0 spiro atoms. The summed E-state index contributed by atoms with van der Waals surface area (Å²) in [5.74, 6) is 2.39. The molecular formula is C14H18ClN7. The summed E-state index contributed by atoms with van der Waals surface area (Å²) >= 11 is 5.82. The van der Waals surface area contributed by atoms with Gasteiger partial charge in [-0.25, -0.2) is 15.0 Å². The van der Waals surface area contributed by atoms with E-state index in [2.05, 4.69) is 29.7 Å². The monoisotopic (exact) mass is 319 g/mol. The molecule has 0 bridgehead atoms. The molecule has 3 rings (SSSR count). The Labute approximate surface area is 134 Å². The van der Waals surface area contributed by atoms with Crippen molar-refractivity contribution in [3.05, 3.63) is 29.7 Å². The highest BCUT2D eigenvalue weighted by Gasteiger charge is 2.21. The van der Waals surface area contributed by atoms with Gasteiger partial charge >= 0.3 is 0 Å². The fourth-order valence-corrected chi connectivity index (χ4v) is 2.41. The molecule has 1 aliphatic rings. The predicted octanol–water partition coefficient (Wildman–Crippen LogP) is 1.31. The van der Waals surface area contributed by atoms with Gasteiger partial charge in [-0.3, -0.25) is 0 Å². The Kier molecular flexibility index (Phi) is 4.24. The Morgan fingerprint density at radius 1 is 0.955 bits per heavy atom. The van der Waals surface area contributed by atoms with Crippen LogP contribution < -0.4 is 14.7 Å². The quantitative estimate of drug-likeness (QED) is 0.845. The van der Waals surface area contributed by atoms with E-state index in [0.29, 0.717) is 11.0 Å². The highest BCUT2D eigenvalue weighted by molar-refractivity contribution is 6.30. The van der Waals surface area contributed by atoms with E-state index in [0.717, 1.165) is 37.9 Å². The summed E-state index contributed by atoms with van der Waals surface area (Å²) in [5, 5.41) is 0.552. The zero-order chi connectivity index (χ0) is 15.5. The van der Waals surface area contributed by atoms with E-state index in [1.165, 1.54) is 0 Å². The minimum atomic E-state index is 0.552. The second kappa shape index (κ2) is 6.31. The zero-order valence-electron chi connectivity index (χ0n) is 12.6. The number of hydrogen-bond donors (Lipinski definition) is 0.